The van der Waals surface area contributed by atoms with Crippen LogP contribution in [0.15, 0.2) is 23.2 Å². The molecule has 1 aromatic rings. The van der Waals surface area contributed by atoms with Crippen molar-refractivity contribution in [2.75, 3.05) is 14.2 Å². The van der Waals surface area contributed by atoms with Crippen molar-refractivity contribution >= 4 is 29.9 Å². The van der Waals surface area contributed by atoms with E-state index < -0.39 is 0 Å². The maximum atomic E-state index is 6.03. The first kappa shape index (κ1) is 19.9. The molecule has 0 spiro atoms. The Morgan fingerprint density at radius 3 is 2.48 bits per heavy atom. The highest BCUT2D eigenvalue weighted by atomic mass is 127. The summed E-state index contributed by atoms with van der Waals surface area (Å²) in [6.07, 6.45) is 7.56. The molecule has 0 aromatic heterocycles. The van der Waals surface area contributed by atoms with Crippen molar-refractivity contribution in [1.29, 1.82) is 0 Å². The normalized spacial score (nSPS) is 16.2. The maximum Gasteiger partial charge on any atom is 0.189 e. The second kappa shape index (κ2) is 10.6. The van der Waals surface area contributed by atoms with Crippen LogP contribution in [0.1, 0.15) is 44.1 Å². The number of aliphatic imine (C=N–C) groups is 1. The zero-order valence-corrected chi connectivity index (χ0v) is 16.3. The molecule has 0 atom stereocenters. The number of rotatable bonds is 5. The third-order valence-electron chi connectivity index (χ3n) is 4.11. The molecule has 1 fully saturated rings. The van der Waals surface area contributed by atoms with Gasteiger partial charge in [-0.1, -0.05) is 37.8 Å². The standard InChI is InChI=1S/C17H27N3O2.HI/c1-21-15-11-7-8-13(16(15)22-2)12-19-17(18)20-14-9-5-3-4-6-10-14;/h7-8,11,14H,3-6,9-10,12H2,1-2H3,(H3,18,19,20);1H. The first-order chi connectivity index (χ1) is 10.7. The summed E-state index contributed by atoms with van der Waals surface area (Å²) in [5, 5.41) is 3.35. The van der Waals surface area contributed by atoms with E-state index >= 15 is 0 Å². The number of hydrogen-bond acceptors (Lipinski definition) is 3. The Morgan fingerprint density at radius 1 is 1.17 bits per heavy atom. The highest BCUT2D eigenvalue weighted by Gasteiger charge is 2.13. The Morgan fingerprint density at radius 2 is 1.87 bits per heavy atom. The van der Waals surface area contributed by atoms with Crippen molar-refractivity contribution in [2.24, 2.45) is 10.7 Å². The molecule has 1 aromatic carbocycles. The molecule has 6 heteroatoms. The Balaban J connectivity index is 0.00000264. The molecule has 0 unspecified atom stereocenters. The van der Waals surface area contributed by atoms with Crippen LogP contribution in [0.3, 0.4) is 0 Å². The van der Waals surface area contributed by atoms with E-state index in [4.69, 9.17) is 15.2 Å². The van der Waals surface area contributed by atoms with E-state index in [0.29, 0.717) is 24.3 Å². The van der Waals surface area contributed by atoms with Gasteiger partial charge in [0.2, 0.25) is 0 Å². The van der Waals surface area contributed by atoms with Gasteiger partial charge >= 0.3 is 0 Å². The monoisotopic (exact) mass is 433 g/mol. The minimum atomic E-state index is 0. The van der Waals surface area contributed by atoms with Crippen LogP contribution in [-0.2, 0) is 6.54 Å². The molecule has 1 aliphatic rings. The van der Waals surface area contributed by atoms with Crippen LogP contribution in [0.25, 0.3) is 0 Å². The molecule has 0 aliphatic heterocycles. The summed E-state index contributed by atoms with van der Waals surface area (Å²) in [6.45, 7) is 0.478. The first-order valence-corrected chi connectivity index (χ1v) is 8.01. The highest BCUT2D eigenvalue weighted by molar-refractivity contribution is 14.0. The number of nitrogens with one attached hydrogen (secondary N) is 1. The molecule has 0 radical (unpaired) electrons. The lowest BCUT2D eigenvalue weighted by atomic mass is 10.1. The topological polar surface area (TPSA) is 68.9 Å². The van der Waals surface area contributed by atoms with E-state index in [2.05, 4.69) is 10.3 Å². The molecule has 23 heavy (non-hydrogen) atoms. The number of halogens is 1. The molecule has 2 rings (SSSR count). The second-order valence-electron chi connectivity index (χ2n) is 5.69. The van der Waals surface area contributed by atoms with Gasteiger partial charge in [0.25, 0.3) is 0 Å². The van der Waals surface area contributed by atoms with E-state index in [1.807, 2.05) is 18.2 Å². The average molecular weight is 433 g/mol. The van der Waals surface area contributed by atoms with E-state index in [9.17, 15) is 0 Å². The lowest BCUT2D eigenvalue weighted by Crippen LogP contribution is -2.39. The Bertz CT molecular complexity index is 501. The molecule has 1 aliphatic carbocycles. The van der Waals surface area contributed by atoms with Crippen LogP contribution >= 0.6 is 24.0 Å². The van der Waals surface area contributed by atoms with E-state index in [1.165, 1.54) is 38.5 Å². The van der Waals surface area contributed by atoms with Crippen LogP contribution in [0.4, 0.5) is 0 Å². The summed E-state index contributed by atoms with van der Waals surface area (Å²) in [6, 6.07) is 6.24. The SMILES string of the molecule is COc1cccc(CN=C(N)NC2CCCCCC2)c1OC.I. The molecular weight excluding hydrogens is 405 g/mol. The summed E-state index contributed by atoms with van der Waals surface area (Å²) in [7, 11) is 3.27. The molecule has 0 amide bonds. The molecular formula is C17H28IN3O2. The number of nitrogens with two attached hydrogens (primary N) is 1. The van der Waals surface area contributed by atoms with Crippen molar-refractivity contribution in [3.8, 4) is 11.5 Å². The lowest BCUT2D eigenvalue weighted by molar-refractivity contribution is 0.352. The van der Waals surface area contributed by atoms with Gasteiger partial charge in [-0.2, -0.15) is 0 Å². The molecule has 1 saturated carbocycles. The minimum Gasteiger partial charge on any atom is -0.493 e. The Hall–Kier alpha value is -1.18. The van der Waals surface area contributed by atoms with Crippen LogP contribution in [-0.4, -0.2) is 26.2 Å². The summed E-state index contributed by atoms with van der Waals surface area (Å²) >= 11 is 0. The fourth-order valence-corrected chi connectivity index (χ4v) is 2.93. The van der Waals surface area contributed by atoms with Crippen LogP contribution in [0, 0.1) is 0 Å². The third-order valence-corrected chi connectivity index (χ3v) is 4.11. The number of nitrogens with zero attached hydrogens (tertiary/aromatic N) is 1. The van der Waals surface area contributed by atoms with Crippen LogP contribution < -0.4 is 20.5 Å². The maximum absolute atomic E-state index is 6.03. The van der Waals surface area contributed by atoms with Crippen molar-refractivity contribution in [1.82, 2.24) is 5.32 Å². The van der Waals surface area contributed by atoms with E-state index in [-0.39, 0.29) is 24.0 Å². The number of guanidine groups is 1. The molecule has 5 nitrogen and oxygen atoms in total. The van der Waals surface area contributed by atoms with Crippen molar-refractivity contribution in [2.45, 2.75) is 51.1 Å². The largest absolute Gasteiger partial charge is 0.493 e. The highest BCUT2D eigenvalue weighted by Crippen LogP contribution is 2.31. The summed E-state index contributed by atoms with van der Waals surface area (Å²) in [5.41, 5.74) is 7.00. The van der Waals surface area contributed by atoms with E-state index in [1.54, 1.807) is 14.2 Å². The Kier molecular flexibility index (Phi) is 9.13. The van der Waals surface area contributed by atoms with Gasteiger partial charge in [0.05, 0.1) is 20.8 Å². The van der Waals surface area contributed by atoms with Crippen LogP contribution in [0.5, 0.6) is 11.5 Å². The van der Waals surface area contributed by atoms with Crippen molar-refractivity contribution in [3.63, 3.8) is 0 Å². The van der Waals surface area contributed by atoms with Gasteiger partial charge < -0.3 is 20.5 Å². The van der Waals surface area contributed by atoms with Crippen molar-refractivity contribution < 1.29 is 9.47 Å². The van der Waals surface area contributed by atoms with Gasteiger partial charge in [-0.3, -0.25) is 0 Å². The second-order valence-corrected chi connectivity index (χ2v) is 5.69. The number of ether oxygens (including phenoxy) is 2. The number of para-hydroxylation sites is 1. The van der Waals surface area contributed by atoms with Gasteiger partial charge in [-0.05, 0) is 18.9 Å². The van der Waals surface area contributed by atoms with Gasteiger partial charge in [0.1, 0.15) is 0 Å². The zero-order chi connectivity index (χ0) is 15.8. The summed E-state index contributed by atoms with van der Waals surface area (Å²) < 4.78 is 10.7. The predicted molar refractivity (Wildman–Crippen MR) is 105 cm³/mol. The van der Waals surface area contributed by atoms with Gasteiger partial charge in [-0.25, -0.2) is 4.99 Å². The van der Waals surface area contributed by atoms with Gasteiger partial charge in [0, 0.05) is 11.6 Å². The first-order valence-electron chi connectivity index (χ1n) is 8.01. The quantitative estimate of drug-likeness (QED) is 0.323. The van der Waals surface area contributed by atoms with Crippen LogP contribution in [0.2, 0.25) is 0 Å². The smallest absolute Gasteiger partial charge is 0.189 e. The predicted octanol–water partition coefficient (Wildman–Crippen LogP) is 3.45. The lowest BCUT2D eigenvalue weighted by Gasteiger charge is -2.17. The van der Waals surface area contributed by atoms with E-state index in [0.717, 1.165) is 11.3 Å². The number of methoxy groups -OCH3 is 2. The fraction of sp³-hybridized carbons (Fsp3) is 0.588. The van der Waals surface area contributed by atoms with Crippen molar-refractivity contribution in [3.05, 3.63) is 23.8 Å². The van der Waals surface area contributed by atoms with Gasteiger partial charge in [-0.15, -0.1) is 24.0 Å². The molecule has 3 N–H and O–H groups in total. The third kappa shape index (κ3) is 6.08. The number of hydrogen-bond donors (Lipinski definition) is 2. The summed E-state index contributed by atoms with van der Waals surface area (Å²) in [5.74, 6) is 1.94. The zero-order valence-electron chi connectivity index (χ0n) is 14.0. The molecule has 130 valence electrons. The van der Waals surface area contributed by atoms with Gasteiger partial charge in [0.15, 0.2) is 17.5 Å². The average Bonchev–Trinajstić information content (AvgIpc) is 2.81. The molecule has 0 heterocycles. The minimum absolute atomic E-state index is 0. The fourth-order valence-electron chi connectivity index (χ4n) is 2.93. The number of benzene rings is 1. The molecule has 0 bridgehead atoms. The molecule has 0 saturated heterocycles. The Labute approximate surface area is 156 Å². The summed E-state index contributed by atoms with van der Waals surface area (Å²) in [4.78, 5) is 4.45.